The maximum absolute atomic E-state index is 6.38. The van der Waals surface area contributed by atoms with Gasteiger partial charge in [0.2, 0.25) is 0 Å². The minimum absolute atomic E-state index is 0.122. The second-order valence-electron chi connectivity index (χ2n) is 5.23. The van der Waals surface area contributed by atoms with Crippen molar-refractivity contribution in [2.75, 3.05) is 0 Å². The van der Waals surface area contributed by atoms with E-state index >= 15 is 0 Å². The van der Waals surface area contributed by atoms with Crippen LogP contribution >= 0.6 is 11.6 Å². The lowest BCUT2D eigenvalue weighted by atomic mass is 9.96. The van der Waals surface area contributed by atoms with Gasteiger partial charge in [0.1, 0.15) is 0 Å². The molecule has 3 aromatic carbocycles. The summed E-state index contributed by atoms with van der Waals surface area (Å²) in [5.74, 6) is 5.78. The third-order valence-corrected chi connectivity index (χ3v) is 4.07. The van der Waals surface area contributed by atoms with E-state index in [0.717, 1.165) is 21.7 Å². The van der Waals surface area contributed by atoms with Gasteiger partial charge in [-0.2, -0.15) is 0 Å². The van der Waals surface area contributed by atoms with Gasteiger partial charge >= 0.3 is 0 Å². The molecule has 0 saturated carbocycles. The normalized spacial score (nSPS) is 12.5. The molecule has 0 aliphatic heterocycles. The molecule has 0 radical (unpaired) electrons. The van der Waals surface area contributed by atoms with Crippen molar-refractivity contribution in [3.8, 4) is 0 Å². The van der Waals surface area contributed by atoms with Gasteiger partial charge in [-0.3, -0.25) is 5.84 Å². The van der Waals surface area contributed by atoms with Gasteiger partial charge in [0.15, 0.2) is 0 Å². The molecule has 0 bridgehead atoms. The van der Waals surface area contributed by atoms with Crippen LogP contribution in [0.4, 0.5) is 0 Å². The zero-order chi connectivity index (χ0) is 14.8. The Kier molecular flexibility index (Phi) is 3.93. The molecule has 3 heteroatoms. The van der Waals surface area contributed by atoms with Crippen LogP contribution in [0.25, 0.3) is 10.8 Å². The molecule has 2 nitrogen and oxygen atoms in total. The Bertz CT molecular complexity index is 783. The Balaban J connectivity index is 2.09. The first kappa shape index (κ1) is 14.1. The summed E-state index contributed by atoms with van der Waals surface area (Å²) < 4.78 is 0. The van der Waals surface area contributed by atoms with Gasteiger partial charge in [-0.25, -0.2) is 5.43 Å². The lowest BCUT2D eigenvalue weighted by Gasteiger charge is -2.19. The van der Waals surface area contributed by atoms with Crippen LogP contribution in [0.15, 0.2) is 60.7 Å². The molecule has 3 aromatic rings. The second-order valence-corrected chi connectivity index (χ2v) is 5.64. The molecule has 3 rings (SSSR count). The minimum Gasteiger partial charge on any atom is -0.271 e. The number of nitrogens with two attached hydrogens (primary N) is 1. The number of aryl methyl sites for hydroxylation is 1. The summed E-state index contributed by atoms with van der Waals surface area (Å²) in [5, 5.41) is 3.14. The molecule has 1 unspecified atom stereocenters. The molecule has 0 aliphatic carbocycles. The maximum Gasteiger partial charge on any atom is 0.0724 e. The van der Waals surface area contributed by atoms with Crippen LogP contribution in [0, 0.1) is 6.92 Å². The first-order valence-electron chi connectivity index (χ1n) is 6.90. The van der Waals surface area contributed by atoms with Crippen molar-refractivity contribution in [3.63, 3.8) is 0 Å². The predicted octanol–water partition coefficient (Wildman–Crippen LogP) is 4.35. The monoisotopic (exact) mass is 296 g/mol. The molecule has 0 fully saturated rings. The molecule has 1 atom stereocenters. The summed E-state index contributed by atoms with van der Waals surface area (Å²) in [6.45, 7) is 2.02. The summed E-state index contributed by atoms with van der Waals surface area (Å²) in [7, 11) is 0. The lowest BCUT2D eigenvalue weighted by Crippen LogP contribution is -2.29. The van der Waals surface area contributed by atoms with Crippen molar-refractivity contribution in [3.05, 3.63) is 82.4 Å². The Hall–Kier alpha value is -1.87. The number of hydrazine groups is 1. The average Bonchev–Trinajstić information content (AvgIpc) is 2.50. The summed E-state index contributed by atoms with van der Waals surface area (Å²) in [5.41, 5.74) is 6.10. The summed E-state index contributed by atoms with van der Waals surface area (Å²) >= 11 is 6.38. The number of fused-ring (bicyclic) bond motifs is 1. The van der Waals surface area contributed by atoms with Gasteiger partial charge < -0.3 is 0 Å². The molecule has 0 amide bonds. The van der Waals surface area contributed by atoms with E-state index < -0.39 is 0 Å². The highest BCUT2D eigenvalue weighted by Gasteiger charge is 2.15. The van der Waals surface area contributed by atoms with Gasteiger partial charge in [0.25, 0.3) is 0 Å². The van der Waals surface area contributed by atoms with E-state index in [1.165, 1.54) is 10.8 Å². The second kappa shape index (κ2) is 5.86. The number of benzene rings is 3. The van der Waals surface area contributed by atoms with Crippen molar-refractivity contribution in [2.45, 2.75) is 13.0 Å². The van der Waals surface area contributed by atoms with Crippen molar-refractivity contribution < 1.29 is 0 Å². The largest absolute Gasteiger partial charge is 0.271 e. The minimum atomic E-state index is -0.122. The van der Waals surface area contributed by atoms with Crippen LogP contribution in [0.2, 0.25) is 5.02 Å². The van der Waals surface area contributed by atoms with Crippen molar-refractivity contribution in [2.24, 2.45) is 5.84 Å². The zero-order valence-electron chi connectivity index (χ0n) is 11.8. The maximum atomic E-state index is 6.38. The molecule has 0 aromatic heterocycles. The Labute approximate surface area is 129 Å². The van der Waals surface area contributed by atoms with Gasteiger partial charge in [0.05, 0.1) is 6.04 Å². The molecule has 106 valence electrons. The van der Waals surface area contributed by atoms with Gasteiger partial charge in [-0.05, 0) is 46.5 Å². The van der Waals surface area contributed by atoms with Crippen molar-refractivity contribution in [1.29, 1.82) is 0 Å². The van der Waals surface area contributed by atoms with Crippen LogP contribution in [-0.2, 0) is 0 Å². The van der Waals surface area contributed by atoms with Crippen LogP contribution in [-0.4, -0.2) is 0 Å². The van der Waals surface area contributed by atoms with Crippen LogP contribution in [0.5, 0.6) is 0 Å². The zero-order valence-corrected chi connectivity index (χ0v) is 12.6. The summed E-state index contributed by atoms with van der Waals surface area (Å²) in [4.78, 5) is 0. The number of rotatable bonds is 3. The Morgan fingerprint density at radius 1 is 0.952 bits per heavy atom. The van der Waals surface area contributed by atoms with E-state index in [1.54, 1.807) is 0 Å². The van der Waals surface area contributed by atoms with Crippen LogP contribution in [0.1, 0.15) is 22.7 Å². The Morgan fingerprint density at radius 3 is 2.43 bits per heavy atom. The third-order valence-electron chi connectivity index (χ3n) is 3.74. The smallest absolute Gasteiger partial charge is 0.0724 e. The standard InChI is InChI=1S/C18H17ClN2/c1-12-6-9-16(17(19)10-12)18(21-20)15-8-7-13-4-2-3-5-14(13)11-15/h2-11,18,21H,20H2,1H3. The Morgan fingerprint density at radius 2 is 1.71 bits per heavy atom. The summed E-state index contributed by atoms with van der Waals surface area (Å²) in [6.07, 6.45) is 0. The van der Waals surface area contributed by atoms with E-state index in [-0.39, 0.29) is 6.04 Å². The summed E-state index contributed by atoms with van der Waals surface area (Å²) in [6, 6.07) is 20.5. The van der Waals surface area contributed by atoms with Crippen molar-refractivity contribution in [1.82, 2.24) is 5.43 Å². The van der Waals surface area contributed by atoms with E-state index in [2.05, 4.69) is 35.8 Å². The van der Waals surface area contributed by atoms with E-state index in [1.807, 2.05) is 37.3 Å². The quantitative estimate of drug-likeness (QED) is 0.557. The highest BCUT2D eigenvalue weighted by Crippen LogP contribution is 2.30. The predicted molar refractivity (Wildman–Crippen MR) is 89.3 cm³/mol. The molecule has 21 heavy (non-hydrogen) atoms. The number of hydrogen-bond donors (Lipinski definition) is 2. The van der Waals surface area contributed by atoms with Gasteiger partial charge in [-0.15, -0.1) is 0 Å². The first-order chi connectivity index (χ1) is 10.2. The molecular formula is C18H17ClN2. The van der Waals surface area contributed by atoms with Crippen LogP contribution in [0.3, 0.4) is 0 Å². The molecule has 0 heterocycles. The number of hydrogen-bond acceptors (Lipinski definition) is 2. The fraction of sp³-hybridized carbons (Fsp3) is 0.111. The van der Waals surface area contributed by atoms with Gasteiger partial charge in [-0.1, -0.05) is 60.1 Å². The number of halogens is 1. The third kappa shape index (κ3) is 2.79. The topological polar surface area (TPSA) is 38.0 Å². The fourth-order valence-electron chi connectivity index (χ4n) is 2.62. The molecule has 0 saturated heterocycles. The SMILES string of the molecule is Cc1ccc(C(NN)c2ccc3ccccc3c2)c(Cl)c1. The molecule has 0 spiro atoms. The first-order valence-corrected chi connectivity index (χ1v) is 7.28. The number of nitrogens with one attached hydrogen (secondary N) is 1. The van der Waals surface area contributed by atoms with E-state index in [9.17, 15) is 0 Å². The van der Waals surface area contributed by atoms with Crippen LogP contribution < -0.4 is 11.3 Å². The van der Waals surface area contributed by atoms with E-state index in [4.69, 9.17) is 17.4 Å². The molecule has 3 N–H and O–H groups in total. The van der Waals surface area contributed by atoms with Gasteiger partial charge in [0, 0.05) is 5.02 Å². The molecule has 0 aliphatic rings. The average molecular weight is 297 g/mol. The highest BCUT2D eigenvalue weighted by molar-refractivity contribution is 6.31. The fourth-order valence-corrected chi connectivity index (χ4v) is 2.96. The van der Waals surface area contributed by atoms with Crippen molar-refractivity contribution >= 4 is 22.4 Å². The lowest BCUT2D eigenvalue weighted by molar-refractivity contribution is 0.637. The molecular weight excluding hydrogens is 280 g/mol. The van der Waals surface area contributed by atoms with E-state index in [0.29, 0.717) is 0 Å². The highest BCUT2D eigenvalue weighted by atomic mass is 35.5.